The average Bonchev–Trinajstić information content (AvgIpc) is 2.77. The number of hydrogen-bond donors (Lipinski definition) is 2. The van der Waals surface area contributed by atoms with Gasteiger partial charge in [0.25, 0.3) is 0 Å². The van der Waals surface area contributed by atoms with Crippen LogP contribution in [0, 0.1) is 17.2 Å². The third kappa shape index (κ3) is 8.98. The maximum atomic E-state index is 13.4. The molecule has 2 aromatic rings. The molecule has 0 heterocycles. The Kier molecular flexibility index (Phi) is 9.83. The number of rotatable bonds is 10. The van der Waals surface area contributed by atoms with Crippen LogP contribution in [0.4, 0.5) is 4.79 Å². The number of benzene rings is 2. The molecule has 8 nitrogen and oxygen atoms in total. The second-order valence-corrected chi connectivity index (χ2v) is 11.8. The van der Waals surface area contributed by atoms with Gasteiger partial charge in [0.05, 0.1) is 28.7 Å². The SMILES string of the molecule is CC(C)CN(C[C@@H](O)[C@H](Cc1ccccc1)NC(=O)OC(C)(C)C)S(=O)(=O)c1ccc(C#N)cc1. The monoisotopic (exact) mass is 501 g/mol. The molecule has 0 radical (unpaired) electrons. The van der Waals surface area contributed by atoms with Gasteiger partial charge in [-0.25, -0.2) is 13.2 Å². The van der Waals surface area contributed by atoms with Crippen molar-refractivity contribution in [3.63, 3.8) is 0 Å². The van der Waals surface area contributed by atoms with Crippen LogP contribution in [0.25, 0.3) is 0 Å². The molecular weight excluding hydrogens is 466 g/mol. The van der Waals surface area contributed by atoms with Crippen molar-refractivity contribution < 1.29 is 23.1 Å². The molecule has 2 rings (SSSR count). The van der Waals surface area contributed by atoms with E-state index in [9.17, 15) is 18.3 Å². The Hall–Kier alpha value is -2.93. The van der Waals surface area contributed by atoms with Crippen molar-refractivity contribution in [2.45, 2.75) is 63.7 Å². The number of nitrogens with zero attached hydrogens (tertiary/aromatic N) is 2. The van der Waals surface area contributed by atoms with Gasteiger partial charge in [0.1, 0.15) is 5.60 Å². The number of nitrogens with one attached hydrogen (secondary N) is 1. The van der Waals surface area contributed by atoms with Gasteiger partial charge in [-0.2, -0.15) is 9.57 Å². The molecule has 9 heteroatoms. The zero-order valence-corrected chi connectivity index (χ0v) is 21.7. The Morgan fingerprint density at radius 2 is 1.69 bits per heavy atom. The number of sulfonamides is 1. The topological polar surface area (TPSA) is 120 Å². The van der Waals surface area contributed by atoms with Crippen LogP contribution in [0.5, 0.6) is 0 Å². The Balaban J connectivity index is 2.32. The fourth-order valence-electron chi connectivity index (χ4n) is 3.47. The molecule has 2 aromatic carbocycles. The van der Waals surface area contributed by atoms with Gasteiger partial charge in [-0.15, -0.1) is 0 Å². The van der Waals surface area contributed by atoms with Crippen molar-refractivity contribution in [1.29, 1.82) is 5.26 Å². The summed E-state index contributed by atoms with van der Waals surface area (Å²) in [5, 5.41) is 22.9. The Labute approximate surface area is 208 Å². The lowest BCUT2D eigenvalue weighted by molar-refractivity contribution is 0.0400. The molecule has 0 unspecified atom stereocenters. The maximum Gasteiger partial charge on any atom is 0.407 e. The van der Waals surface area contributed by atoms with E-state index in [2.05, 4.69) is 5.32 Å². The molecule has 0 aliphatic carbocycles. The fourth-order valence-corrected chi connectivity index (χ4v) is 5.10. The zero-order chi connectivity index (χ0) is 26.2. The first-order valence-corrected chi connectivity index (χ1v) is 13.0. The summed E-state index contributed by atoms with van der Waals surface area (Å²) in [4.78, 5) is 12.5. The standard InChI is InChI=1S/C26H35N3O5S/c1-19(2)17-29(35(32,33)22-13-11-21(16-27)12-14-22)18-24(30)23(15-20-9-7-6-8-10-20)28-25(31)34-26(3,4)5/h6-14,19,23-24,30H,15,17-18H2,1-5H3,(H,28,31)/t23-,24+/m0/s1. The molecular formula is C26H35N3O5S. The first kappa shape index (κ1) is 28.3. The molecule has 35 heavy (non-hydrogen) atoms. The number of aliphatic hydroxyl groups is 1. The molecule has 0 aliphatic heterocycles. The first-order chi connectivity index (χ1) is 16.3. The smallest absolute Gasteiger partial charge is 0.407 e. The quantitative estimate of drug-likeness (QED) is 0.512. The van der Waals surface area contributed by atoms with Crippen molar-refractivity contribution in [3.8, 4) is 6.07 Å². The minimum Gasteiger partial charge on any atom is -0.444 e. The van der Waals surface area contributed by atoms with E-state index in [4.69, 9.17) is 10.00 Å². The summed E-state index contributed by atoms with van der Waals surface area (Å²) in [5.74, 6) is -0.0123. The van der Waals surface area contributed by atoms with Gasteiger partial charge in [0, 0.05) is 13.1 Å². The second kappa shape index (κ2) is 12.2. The average molecular weight is 502 g/mol. The summed E-state index contributed by atoms with van der Waals surface area (Å²) in [6, 6.07) is 16.1. The van der Waals surface area contributed by atoms with Crippen LogP contribution in [0.15, 0.2) is 59.5 Å². The zero-order valence-electron chi connectivity index (χ0n) is 20.9. The summed E-state index contributed by atoms with van der Waals surface area (Å²) in [6.45, 7) is 8.93. The van der Waals surface area contributed by atoms with Gasteiger partial charge in [-0.3, -0.25) is 0 Å². The van der Waals surface area contributed by atoms with Gasteiger partial charge in [-0.1, -0.05) is 44.2 Å². The normalized spacial score (nSPS) is 13.8. The number of nitriles is 1. The third-order valence-electron chi connectivity index (χ3n) is 5.05. The van der Waals surface area contributed by atoms with E-state index in [0.29, 0.717) is 5.56 Å². The minimum atomic E-state index is -3.96. The van der Waals surface area contributed by atoms with Gasteiger partial charge < -0.3 is 15.2 Å². The van der Waals surface area contributed by atoms with Crippen LogP contribution in [0.1, 0.15) is 45.7 Å². The van der Waals surface area contributed by atoms with Gasteiger partial charge >= 0.3 is 6.09 Å². The number of hydrogen-bond acceptors (Lipinski definition) is 6. The molecule has 0 saturated carbocycles. The highest BCUT2D eigenvalue weighted by Crippen LogP contribution is 2.20. The van der Waals surface area contributed by atoms with Crippen molar-refractivity contribution in [3.05, 3.63) is 65.7 Å². The fraction of sp³-hybridized carbons (Fsp3) is 0.462. The van der Waals surface area contributed by atoms with Crippen molar-refractivity contribution in [1.82, 2.24) is 9.62 Å². The molecule has 0 aromatic heterocycles. The lowest BCUT2D eigenvalue weighted by atomic mass is 10.0. The van der Waals surface area contributed by atoms with E-state index in [0.717, 1.165) is 5.56 Å². The van der Waals surface area contributed by atoms with Crippen LogP contribution in [-0.4, -0.2) is 54.8 Å². The van der Waals surface area contributed by atoms with Gasteiger partial charge in [-0.05, 0) is 62.9 Å². The lowest BCUT2D eigenvalue weighted by Crippen LogP contribution is -2.51. The van der Waals surface area contributed by atoms with E-state index in [1.165, 1.54) is 28.6 Å². The van der Waals surface area contributed by atoms with Gasteiger partial charge in [0.2, 0.25) is 10.0 Å². The van der Waals surface area contributed by atoms with Crippen molar-refractivity contribution >= 4 is 16.1 Å². The van der Waals surface area contributed by atoms with Crippen LogP contribution < -0.4 is 5.32 Å². The molecule has 0 spiro atoms. The highest BCUT2D eigenvalue weighted by atomic mass is 32.2. The van der Waals surface area contributed by atoms with Crippen LogP contribution in [0.3, 0.4) is 0 Å². The predicted octanol–water partition coefficient (Wildman–Crippen LogP) is 3.70. The van der Waals surface area contributed by atoms with E-state index in [-0.39, 0.29) is 30.3 Å². The van der Waals surface area contributed by atoms with Crippen LogP contribution >= 0.6 is 0 Å². The Bertz CT molecular complexity index is 1100. The van der Waals surface area contributed by atoms with Crippen molar-refractivity contribution in [2.75, 3.05) is 13.1 Å². The van der Waals surface area contributed by atoms with E-state index in [1.54, 1.807) is 20.8 Å². The number of ether oxygens (including phenoxy) is 1. The summed E-state index contributed by atoms with van der Waals surface area (Å²) < 4.78 is 33.4. The number of amides is 1. The Morgan fingerprint density at radius 3 is 2.20 bits per heavy atom. The predicted molar refractivity (Wildman–Crippen MR) is 134 cm³/mol. The molecule has 0 aliphatic rings. The largest absolute Gasteiger partial charge is 0.444 e. The lowest BCUT2D eigenvalue weighted by Gasteiger charge is -2.31. The molecule has 0 saturated heterocycles. The van der Waals surface area contributed by atoms with Crippen LogP contribution in [-0.2, 0) is 21.2 Å². The maximum absolute atomic E-state index is 13.4. The number of carbonyl (C=O) groups excluding carboxylic acids is 1. The second-order valence-electron chi connectivity index (χ2n) is 9.86. The molecule has 1 amide bonds. The van der Waals surface area contributed by atoms with Crippen LogP contribution in [0.2, 0.25) is 0 Å². The summed E-state index contributed by atoms with van der Waals surface area (Å²) >= 11 is 0. The number of alkyl carbamates (subject to hydrolysis) is 1. The molecule has 2 N–H and O–H groups in total. The summed E-state index contributed by atoms with van der Waals surface area (Å²) in [7, 11) is -3.96. The number of aliphatic hydroxyl groups excluding tert-OH is 1. The first-order valence-electron chi connectivity index (χ1n) is 11.5. The molecule has 0 bridgehead atoms. The van der Waals surface area contributed by atoms with Crippen molar-refractivity contribution in [2.24, 2.45) is 5.92 Å². The van der Waals surface area contributed by atoms with Gasteiger partial charge in [0.15, 0.2) is 0 Å². The highest BCUT2D eigenvalue weighted by Gasteiger charge is 2.32. The number of carbonyl (C=O) groups is 1. The summed E-state index contributed by atoms with van der Waals surface area (Å²) in [6.07, 6.45) is -1.62. The van der Waals surface area contributed by atoms with E-state index >= 15 is 0 Å². The molecule has 0 fully saturated rings. The highest BCUT2D eigenvalue weighted by molar-refractivity contribution is 7.89. The molecule has 190 valence electrons. The Morgan fingerprint density at radius 1 is 1.09 bits per heavy atom. The van der Waals surface area contributed by atoms with E-state index in [1.807, 2.05) is 50.2 Å². The third-order valence-corrected chi connectivity index (χ3v) is 6.89. The van der Waals surface area contributed by atoms with E-state index < -0.39 is 33.9 Å². The minimum absolute atomic E-state index is 0.0123. The molecule has 2 atom stereocenters. The summed E-state index contributed by atoms with van der Waals surface area (Å²) in [5.41, 5.74) is 0.497.